The van der Waals surface area contributed by atoms with Gasteiger partial charge in [0.25, 0.3) is 5.91 Å². The van der Waals surface area contributed by atoms with Crippen molar-refractivity contribution in [3.05, 3.63) is 24.2 Å². The van der Waals surface area contributed by atoms with Crippen LogP contribution in [0.5, 0.6) is 0 Å². The molecule has 9 heteroatoms. The second-order valence-corrected chi connectivity index (χ2v) is 6.36. The summed E-state index contributed by atoms with van der Waals surface area (Å²) in [7, 11) is 1.49. The van der Waals surface area contributed by atoms with Crippen molar-refractivity contribution >= 4 is 23.7 Å². The van der Waals surface area contributed by atoms with Crippen LogP contribution in [0.15, 0.2) is 22.8 Å². The van der Waals surface area contributed by atoms with Crippen LogP contribution in [0.2, 0.25) is 0 Å². The van der Waals surface area contributed by atoms with E-state index < -0.39 is 29.7 Å². The van der Waals surface area contributed by atoms with Crippen LogP contribution >= 0.6 is 0 Å². The Balaban J connectivity index is 1.81. The van der Waals surface area contributed by atoms with Gasteiger partial charge in [0.15, 0.2) is 5.76 Å². The number of carboxylic acids is 1. The van der Waals surface area contributed by atoms with Crippen molar-refractivity contribution in [2.45, 2.75) is 25.8 Å². The van der Waals surface area contributed by atoms with Crippen molar-refractivity contribution in [2.75, 3.05) is 26.7 Å². The number of aliphatic carboxylic acids is 1. The first-order valence-corrected chi connectivity index (χ1v) is 8.39. The summed E-state index contributed by atoms with van der Waals surface area (Å²) in [5.74, 6) is -2.32. The summed E-state index contributed by atoms with van der Waals surface area (Å²) < 4.78 is 4.97. The van der Waals surface area contributed by atoms with Gasteiger partial charge in [0.05, 0.1) is 18.7 Å². The normalized spacial score (nSPS) is 16.0. The fraction of sp³-hybridized carbons (Fsp3) is 0.529. The van der Waals surface area contributed by atoms with Gasteiger partial charge in [-0.25, -0.2) is 0 Å². The number of rotatable bonds is 6. The first-order chi connectivity index (χ1) is 12.3. The highest BCUT2D eigenvalue weighted by molar-refractivity contribution is 5.96. The van der Waals surface area contributed by atoms with E-state index in [-0.39, 0.29) is 18.2 Å². The standard InChI is InChI=1S/C17H23N3O6/c1-11(18-15(22)13-4-3-9-26-13)16(23)19(2)10-14(21)20-7-5-12(6-8-20)17(24)25/h3-4,9,11-12H,5-8,10H2,1-2H3,(H,18,22)(H,24,25). The zero-order valence-electron chi connectivity index (χ0n) is 14.8. The minimum atomic E-state index is -0.842. The van der Waals surface area contributed by atoms with Gasteiger partial charge in [-0.3, -0.25) is 19.2 Å². The number of likely N-dealkylation sites (N-methyl/N-ethyl adjacent to an activating group) is 1. The average molecular weight is 365 g/mol. The van der Waals surface area contributed by atoms with Crippen LogP contribution in [0.25, 0.3) is 0 Å². The molecule has 3 amide bonds. The van der Waals surface area contributed by atoms with Gasteiger partial charge in [0.1, 0.15) is 6.04 Å². The Morgan fingerprint density at radius 1 is 1.35 bits per heavy atom. The Morgan fingerprint density at radius 3 is 2.54 bits per heavy atom. The fourth-order valence-corrected chi connectivity index (χ4v) is 2.82. The second-order valence-electron chi connectivity index (χ2n) is 6.36. The third-order valence-corrected chi connectivity index (χ3v) is 4.41. The molecule has 1 aliphatic rings. The number of carbonyl (C=O) groups excluding carboxylic acids is 3. The quantitative estimate of drug-likeness (QED) is 0.742. The van der Waals surface area contributed by atoms with Crippen molar-refractivity contribution in [1.29, 1.82) is 0 Å². The Bertz CT molecular complexity index is 664. The van der Waals surface area contributed by atoms with E-state index in [4.69, 9.17) is 9.52 Å². The fourth-order valence-electron chi connectivity index (χ4n) is 2.82. The molecule has 142 valence electrons. The molecule has 1 unspecified atom stereocenters. The molecule has 26 heavy (non-hydrogen) atoms. The Hall–Kier alpha value is -2.84. The predicted molar refractivity (Wildman–Crippen MR) is 90.2 cm³/mol. The van der Waals surface area contributed by atoms with Crippen LogP contribution in [0.1, 0.15) is 30.3 Å². The summed E-state index contributed by atoms with van der Waals surface area (Å²) in [4.78, 5) is 50.3. The number of likely N-dealkylation sites (tertiary alicyclic amines) is 1. The molecule has 0 bridgehead atoms. The van der Waals surface area contributed by atoms with Crippen LogP contribution in [0, 0.1) is 5.92 Å². The van der Waals surface area contributed by atoms with Gasteiger partial charge in [-0.15, -0.1) is 0 Å². The molecule has 0 saturated carbocycles. The minimum Gasteiger partial charge on any atom is -0.481 e. The van der Waals surface area contributed by atoms with Crippen LogP contribution in [0.4, 0.5) is 0 Å². The zero-order valence-corrected chi connectivity index (χ0v) is 14.8. The van der Waals surface area contributed by atoms with E-state index >= 15 is 0 Å². The molecular weight excluding hydrogens is 342 g/mol. The van der Waals surface area contributed by atoms with E-state index in [1.54, 1.807) is 11.0 Å². The van der Waals surface area contributed by atoms with Crippen molar-refractivity contribution in [3.63, 3.8) is 0 Å². The van der Waals surface area contributed by atoms with Crippen molar-refractivity contribution in [3.8, 4) is 0 Å². The topological polar surface area (TPSA) is 120 Å². The minimum absolute atomic E-state index is 0.102. The van der Waals surface area contributed by atoms with Crippen molar-refractivity contribution < 1.29 is 28.7 Å². The maximum Gasteiger partial charge on any atom is 0.306 e. The van der Waals surface area contributed by atoms with Gasteiger partial charge in [-0.1, -0.05) is 0 Å². The Kier molecular flexibility index (Phi) is 6.37. The number of carbonyl (C=O) groups is 4. The van der Waals surface area contributed by atoms with Crippen LogP contribution in [0.3, 0.4) is 0 Å². The van der Waals surface area contributed by atoms with E-state index in [1.165, 1.54) is 31.2 Å². The molecule has 0 spiro atoms. The number of piperidine rings is 1. The smallest absolute Gasteiger partial charge is 0.306 e. The number of carboxylic acid groups (broad SMARTS) is 1. The van der Waals surface area contributed by atoms with Crippen molar-refractivity contribution in [1.82, 2.24) is 15.1 Å². The molecule has 0 aromatic carbocycles. The lowest BCUT2D eigenvalue weighted by atomic mass is 9.97. The molecule has 9 nitrogen and oxygen atoms in total. The number of hydrogen-bond acceptors (Lipinski definition) is 5. The molecule has 1 fully saturated rings. The molecule has 0 radical (unpaired) electrons. The summed E-state index contributed by atoms with van der Waals surface area (Å²) in [6, 6.07) is 2.24. The number of amides is 3. The molecule has 0 aliphatic carbocycles. The number of nitrogens with one attached hydrogen (secondary N) is 1. The first-order valence-electron chi connectivity index (χ1n) is 8.39. The van der Waals surface area contributed by atoms with Gasteiger partial charge in [-0.05, 0) is 31.9 Å². The van der Waals surface area contributed by atoms with Crippen LogP contribution in [-0.2, 0) is 14.4 Å². The molecule has 1 aliphatic heterocycles. The molecule has 1 atom stereocenters. The van der Waals surface area contributed by atoms with E-state index in [2.05, 4.69) is 5.32 Å². The number of hydrogen-bond donors (Lipinski definition) is 2. The van der Waals surface area contributed by atoms with Gasteiger partial charge in [0.2, 0.25) is 11.8 Å². The number of furan rings is 1. The molecule has 2 rings (SSSR count). The van der Waals surface area contributed by atoms with E-state index in [9.17, 15) is 19.2 Å². The third kappa shape index (κ3) is 4.84. The lowest BCUT2D eigenvalue weighted by molar-refractivity contribution is -0.146. The highest BCUT2D eigenvalue weighted by Crippen LogP contribution is 2.17. The lowest BCUT2D eigenvalue weighted by Gasteiger charge is -2.31. The molecule has 1 saturated heterocycles. The third-order valence-electron chi connectivity index (χ3n) is 4.41. The lowest BCUT2D eigenvalue weighted by Crippen LogP contribution is -2.50. The highest BCUT2D eigenvalue weighted by atomic mass is 16.4. The van der Waals surface area contributed by atoms with Gasteiger partial charge >= 0.3 is 5.97 Å². The van der Waals surface area contributed by atoms with Crippen LogP contribution in [-0.4, -0.2) is 71.3 Å². The predicted octanol–water partition coefficient (Wildman–Crippen LogP) is 0.180. The van der Waals surface area contributed by atoms with Crippen LogP contribution < -0.4 is 5.32 Å². The van der Waals surface area contributed by atoms with Gasteiger partial charge in [-0.2, -0.15) is 0 Å². The number of nitrogens with zero attached hydrogens (tertiary/aromatic N) is 2. The monoisotopic (exact) mass is 365 g/mol. The summed E-state index contributed by atoms with van der Waals surface area (Å²) in [6.45, 7) is 2.13. The first kappa shape index (κ1) is 19.5. The average Bonchev–Trinajstić information content (AvgIpc) is 3.15. The Labute approximate surface area is 150 Å². The molecule has 1 aromatic heterocycles. The maximum atomic E-state index is 12.3. The summed E-state index contributed by atoms with van der Waals surface area (Å²) in [5, 5.41) is 11.5. The van der Waals surface area contributed by atoms with E-state index in [0.29, 0.717) is 25.9 Å². The SMILES string of the molecule is CC(NC(=O)c1ccco1)C(=O)N(C)CC(=O)N1CCC(C(=O)O)CC1. The summed E-state index contributed by atoms with van der Waals surface area (Å²) in [6.07, 6.45) is 2.18. The van der Waals surface area contributed by atoms with E-state index in [1.807, 2.05) is 0 Å². The van der Waals surface area contributed by atoms with Crippen molar-refractivity contribution in [2.24, 2.45) is 5.92 Å². The summed E-state index contributed by atoms with van der Waals surface area (Å²) in [5.41, 5.74) is 0. The molecular formula is C17H23N3O6. The highest BCUT2D eigenvalue weighted by Gasteiger charge is 2.29. The van der Waals surface area contributed by atoms with Gasteiger partial charge in [0, 0.05) is 20.1 Å². The zero-order chi connectivity index (χ0) is 19.3. The molecule has 2 N–H and O–H groups in total. The largest absolute Gasteiger partial charge is 0.481 e. The summed E-state index contributed by atoms with van der Waals surface area (Å²) >= 11 is 0. The van der Waals surface area contributed by atoms with Gasteiger partial charge < -0.3 is 24.6 Å². The van der Waals surface area contributed by atoms with E-state index in [0.717, 1.165) is 0 Å². The molecule has 2 heterocycles. The second kappa shape index (κ2) is 8.50. The molecule has 1 aromatic rings. The Morgan fingerprint density at radius 2 is 2.00 bits per heavy atom. The maximum absolute atomic E-state index is 12.3.